The minimum atomic E-state index is -0.840. The van der Waals surface area contributed by atoms with Gasteiger partial charge in [0.15, 0.2) is 0 Å². The van der Waals surface area contributed by atoms with Crippen molar-refractivity contribution in [1.29, 1.82) is 0 Å². The fraction of sp³-hybridized carbons (Fsp3) is 0.333. The van der Waals surface area contributed by atoms with Crippen LogP contribution in [0.2, 0.25) is 5.02 Å². The molecule has 0 bridgehead atoms. The van der Waals surface area contributed by atoms with Crippen molar-refractivity contribution in [2.24, 2.45) is 0 Å². The molecule has 1 heterocycles. The number of amides is 1. The van der Waals surface area contributed by atoms with Crippen LogP contribution in [0.3, 0.4) is 0 Å². The molecule has 0 saturated heterocycles. The second-order valence-corrected chi connectivity index (χ2v) is 6.57. The number of hydrogen-bond donors (Lipinski definition) is 2. The number of nitrogens with zero attached hydrogens (tertiary/aromatic N) is 1. The van der Waals surface area contributed by atoms with Crippen LogP contribution in [0.1, 0.15) is 40.9 Å². The molecule has 0 aliphatic carbocycles. The van der Waals surface area contributed by atoms with Crippen LogP contribution in [0.25, 0.3) is 0 Å². The number of aromatic nitrogens is 1. The number of aliphatic hydroxyl groups excluding tert-OH is 1. The summed E-state index contributed by atoms with van der Waals surface area (Å²) < 4.78 is 0. The summed E-state index contributed by atoms with van der Waals surface area (Å²) in [4.78, 5) is 17.3. The zero-order valence-corrected chi connectivity index (χ0v) is 13.4. The first-order valence-corrected chi connectivity index (χ1v) is 7.80. The second kappa shape index (κ2) is 7.02. The van der Waals surface area contributed by atoms with Gasteiger partial charge in [-0.25, -0.2) is 4.98 Å². The van der Waals surface area contributed by atoms with Crippen molar-refractivity contribution >= 4 is 28.8 Å². The summed E-state index contributed by atoms with van der Waals surface area (Å²) >= 11 is 7.35. The van der Waals surface area contributed by atoms with Crippen LogP contribution < -0.4 is 5.32 Å². The molecule has 1 aromatic carbocycles. The van der Waals surface area contributed by atoms with E-state index in [-0.39, 0.29) is 18.4 Å². The lowest BCUT2D eigenvalue weighted by atomic mass is 10.1. The smallest absolute Gasteiger partial charge is 0.223 e. The van der Waals surface area contributed by atoms with Gasteiger partial charge in [-0.05, 0) is 31.5 Å². The monoisotopic (exact) mass is 324 g/mol. The van der Waals surface area contributed by atoms with E-state index in [2.05, 4.69) is 10.3 Å². The summed E-state index contributed by atoms with van der Waals surface area (Å²) in [5.74, 6) is -0.210. The number of rotatable bonds is 5. The molecule has 2 N–H and O–H groups in total. The maximum Gasteiger partial charge on any atom is 0.223 e. The van der Waals surface area contributed by atoms with Crippen LogP contribution >= 0.6 is 22.9 Å². The molecule has 1 amide bonds. The Balaban J connectivity index is 1.90. The molecular weight excluding hydrogens is 308 g/mol. The van der Waals surface area contributed by atoms with E-state index >= 15 is 0 Å². The van der Waals surface area contributed by atoms with Gasteiger partial charge >= 0.3 is 0 Å². The van der Waals surface area contributed by atoms with Crippen LogP contribution in [-0.4, -0.2) is 16.0 Å². The van der Waals surface area contributed by atoms with E-state index in [1.165, 1.54) is 0 Å². The van der Waals surface area contributed by atoms with Gasteiger partial charge in [0.1, 0.15) is 5.01 Å². The lowest BCUT2D eigenvalue weighted by Gasteiger charge is -2.14. The van der Waals surface area contributed by atoms with Crippen LogP contribution in [0.4, 0.5) is 0 Å². The van der Waals surface area contributed by atoms with E-state index in [4.69, 9.17) is 11.6 Å². The van der Waals surface area contributed by atoms with Gasteiger partial charge in [-0.1, -0.05) is 23.7 Å². The zero-order chi connectivity index (χ0) is 15.4. The van der Waals surface area contributed by atoms with Crippen molar-refractivity contribution in [2.75, 3.05) is 0 Å². The van der Waals surface area contributed by atoms with E-state index < -0.39 is 6.10 Å². The molecule has 2 rings (SSSR count). The number of aryl methyl sites for hydroxylation is 1. The highest BCUT2D eigenvalue weighted by atomic mass is 35.5. The van der Waals surface area contributed by atoms with E-state index in [0.29, 0.717) is 10.6 Å². The highest BCUT2D eigenvalue weighted by Crippen LogP contribution is 2.21. The fourth-order valence-electron chi connectivity index (χ4n) is 1.91. The zero-order valence-electron chi connectivity index (χ0n) is 11.8. The van der Waals surface area contributed by atoms with Gasteiger partial charge in [0.25, 0.3) is 0 Å². The third kappa shape index (κ3) is 4.52. The summed E-state index contributed by atoms with van der Waals surface area (Å²) in [7, 11) is 0. The predicted octanol–water partition coefficient (Wildman–Crippen LogP) is 3.41. The van der Waals surface area contributed by atoms with Crippen molar-refractivity contribution in [3.8, 4) is 0 Å². The Kier molecular flexibility index (Phi) is 5.33. The molecular formula is C15H17ClN2O2S. The van der Waals surface area contributed by atoms with Crippen molar-refractivity contribution in [3.05, 3.63) is 50.9 Å². The number of aliphatic hydroxyl groups is 1. The van der Waals surface area contributed by atoms with Gasteiger partial charge in [-0.15, -0.1) is 11.3 Å². The third-order valence-corrected chi connectivity index (χ3v) is 4.37. The number of halogens is 1. The molecule has 0 spiro atoms. The maximum atomic E-state index is 12.0. The Morgan fingerprint density at radius 1 is 1.43 bits per heavy atom. The molecule has 0 radical (unpaired) electrons. The van der Waals surface area contributed by atoms with Crippen LogP contribution in [-0.2, 0) is 4.79 Å². The lowest BCUT2D eigenvalue weighted by Crippen LogP contribution is -2.27. The Bertz CT molecular complexity index is 612. The van der Waals surface area contributed by atoms with Crippen molar-refractivity contribution < 1.29 is 9.90 Å². The number of carbonyl (C=O) groups is 1. The number of thiazole rings is 1. The normalized spacial score (nSPS) is 13.7. The molecule has 2 aromatic rings. The molecule has 0 saturated carbocycles. The Labute approximate surface area is 132 Å². The summed E-state index contributed by atoms with van der Waals surface area (Å²) in [6, 6.07) is 6.66. The Morgan fingerprint density at radius 3 is 2.67 bits per heavy atom. The molecule has 0 fully saturated rings. The quantitative estimate of drug-likeness (QED) is 0.886. The molecule has 1 aromatic heterocycles. The summed E-state index contributed by atoms with van der Waals surface area (Å²) in [6.45, 7) is 3.85. The minimum Gasteiger partial charge on any atom is -0.388 e. The van der Waals surface area contributed by atoms with Crippen molar-refractivity contribution in [2.45, 2.75) is 32.4 Å². The number of benzene rings is 1. The summed E-state index contributed by atoms with van der Waals surface area (Å²) in [6.07, 6.45) is 0.953. The van der Waals surface area contributed by atoms with Crippen LogP contribution in [0.5, 0.6) is 0 Å². The average Bonchev–Trinajstić information content (AvgIpc) is 2.86. The third-order valence-electron chi connectivity index (χ3n) is 3.02. The van der Waals surface area contributed by atoms with Crippen LogP contribution in [0.15, 0.2) is 30.5 Å². The second-order valence-electron chi connectivity index (χ2n) is 4.87. The van der Waals surface area contributed by atoms with Crippen molar-refractivity contribution in [3.63, 3.8) is 0 Å². The standard InChI is InChI=1S/C15H17ClN2O2S/c1-9-8-17-15(21-9)10(2)18-14(20)7-13(19)11-3-5-12(16)6-4-11/h3-6,8,10,13,19H,7H2,1-2H3,(H,18,20). The molecule has 4 nitrogen and oxygen atoms in total. The van der Waals surface area contributed by atoms with E-state index in [1.54, 1.807) is 41.8 Å². The molecule has 0 aliphatic rings. The maximum absolute atomic E-state index is 12.0. The van der Waals surface area contributed by atoms with Crippen molar-refractivity contribution in [1.82, 2.24) is 10.3 Å². The predicted molar refractivity (Wildman–Crippen MR) is 84.4 cm³/mol. The lowest BCUT2D eigenvalue weighted by molar-refractivity contribution is -0.123. The molecule has 112 valence electrons. The first kappa shape index (κ1) is 15.9. The van der Waals surface area contributed by atoms with Gasteiger partial charge in [-0.2, -0.15) is 0 Å². The molecule has 21 heavy (non-hydrogen) atoms. The van der Waals surface area contributed by atoms with Gasteiger partial charge in [0, 0.05) is 16.1 Å². The number of nitrogens with one attached hydrogen (secondary N) is 1. The number of hydrogen-bond acceptors (Lipinski definition) is 4. The number of carbonyl (C=O) groups excluding carboxylic acids is 1. The van der Waals surface area contributed by atoms with Gasteiger partial charge in [0.2, 0.25) is 5.91 Å². The first-order valence-electron chi connectivity index (χ1n) is 6.61. The largest absolute Gasteiger partial charge is 0.388 e. The first-order chi connectivity index (χ1) is 9.95. The molecule has 2 unspecified atom stereocenters. The van der Waals surface area contributed by atoms with Gasteiger partial charge < -0.3 is 10.4 Å². The van der Waals surface area contributed by atoms with Gasteiger partial charge in [-0.3, -0.25) is 4.79 Å². The Morgan fingerprint density at radius 2 is 2.10 bits per heavy atom. The Hall–Kier alpha value is -1.43. The highest BCUT2D eigenvalue weighted by Gasteiger charge is 2.17. The average molecular weight is 325 g/mol. The molecule has 6 heteroatoms. The molecule has 0 aliphatic heterocycles. The van der Waals surface area contributed by atoms with Crippen LogP contribution in [0, 0.1) is 6.92 Å². The highest BCUT2D eigenvalue weighted by molar-refractivity contribution is 7.11. The van der Waals surface area contributed by atoms with Gasteiger partial charge in [0.05, 0.1) is 18.6 Å². The molecule has 2 atom stereocenters. The SMILES string of the molecule is Cc1cnc(C(C)NC(=O)CC(O)c2ccc(Cl)cc2)s1. The summed E-state index contributed by atoms with van der Waals surface area (Å²) in [5.41, 5.74) is 0.673. The fourth-order valence-corrected chi connectivity index (χ4v) is 2.82. The topological polar surface area (TPSA) is 62.2 Å². The van der Waals surface area contributed by atoms with E-state index in [1.807, 2.05) is 13.8 Å². The van der Waals surface area contributed by atoms with E-state index in [9.17, 15) is 9.90 Å². The van der Waals surface area contributed by atoms with E-state index in [0.717, 1.165) is 9.88 Å². The minimum absolute atomic E-state index is 0.0102. The summed E-state index contributed by atoms with van der Waals surface area (Å²) in [5, 5.41) is 14.4.